The molecule has 19 heavy (non-hydrogen) atoms. The van der Waals surface area contributed by atoms with E-state index in [4.69, 9.17) is 0 Å². The summed E-state index contributed by atoms with van der Waals surface area (Å²) in [5.41, 5.74) is -0.177. The van der Waals surface area contributed by atoms with Crippen molar-refractivity contribution in [3.63, 3.8) is 0 Å². The van der Waals surface area contributed by atoms with Crippen LogP contribution >= 0.6 is 11.8 Å². The third-order valence-corrected chi connectivity index (χ3v) is 4.05. The van der Waals surface area contributed by atoms with Crippen LogP contribution in [-0.2, 0) is 10.3 Å². The minimum Gasteiger partial charge on any atom is -0.353 e. The van der Waals surface area contributed by atoms with Crippen molar-refractivity contribution < 1.29 is 4.79 Å². The summed E-state index contributed by atoms with van der Waals surface area (Å²) in [7, 11) is 0. The van der Waals surface area contributed by atoms with Crippen LogP contribution in [0, 0.1) is 5.92 Å². The van der Waals surface area contributed by atoms with Crippen molar-refractivity contribution in [1.29, 1.82) is 0 Å². The van der Waals surface area contributed by atoms with E-state index in [0.29, 0.717) is 16.8 Å². The molecule has 0 aromatic carbocycles. The van der Waals surface area contributed by atoms with E-state index in [1.165, 1.54) is 24.6 Å². The molecule has 0 unspecified atom stereocenters. The van der Waals surface area contributed by atoms with Crippen LogP contribution in [0.15, 0.2) is 5.16 Å². The molecule has 1 N–H and O–H groups in total. The highest BCUT2D eigenvalue weighted by Gasteiger charge is 2.29. The van der Waals surface area contributed by atoms with E-state index in [1.807, 2.05) is 20.8 Å². The summed E-state index contributed by atoms with van der Waals surface area (Å²) in [5.74, 6) is 1.08. The number of carbonyl (C=O) groups is 1. The average molecular weight is 283 g/mol. The molecule has 0 spiro atoms. The molecule has 1 aromatic heterocycles. The molecule has 0 bridgehead atoms. The molecular formula is C12H21N5OS. The van der Waals surface area contributed by atoms with E-state index < -0.39 is 0 Å². The lowest BCUT2D eigenvalue weighted by atomic mass is 10.1. The predicted octanol–water partition coefficient (Wildman–Crippen LogP) is 1.43. The Morgan fingerprint density at radius 3 is 2.79 bits per heavy atom. The smallest absolute Gasteiger partial charge is 0.230 e. The maximum absolute atomic E-state index is 11.8. The molecule has 1 aromatic rings. The molecule has 0 radical (unpaired) electrons. The molecule has 1 fully saturated rings. The van der Waals surface area contributed by atoms with Gasteiger partial charge in [0.1, 0.15) is 0 Å². The molecule has 106 valence electrons. The Balaban J connectivity index is 1.85. The van der Waals surface area contributed by atoms with Gasteiger partial charge in [0.05, 0.1) is 11.3 Å². The summed E-state index contributed by atoms with van der Waals surface area (Å²) in [6, 6.07) is 0.284. The minimum atomic E-state index is -0.177. The number of rotatable bonds is 5. The number of hydrogen-bond donors (Lipinski definition) is 1. The molecule has 1 aliphatic carbocycles. The van der Waals surface area contributed by atoms with Gasteiger partial charge in [-0.1, -0.05) is 11.8 Å². The van der Waals surface area contributed by atoms with Gasteiger partial charge >= 0.3 is 0 Å². The van der Waals surface area contributed by atoms with Gasteiger partial charge in [0, 0.05) is 6.04 Å². The Hall–Kier alpha value is -1.11. The normalized spacial score (nSPS) is 17.3. The lowest BCUT2D eigenvalue weighted by molar-refractivity contribution is -0.119. The highest BCUT2D eigenvalue weighted by atomic mass is 32.2. The molecule has 2 rings (SSSR count). The number of thioether (sulfide) groups is 1. The van der Waals surface area contributed by atoms with Crippen molar-refractivity contribution in [3.05, 3.63) is 0 Å². The van der Waals surface area contributed by atoms with Gasteiger partial charge in [-0.2, -0.15) is 0 Å². The number of nitrogens with one attached hydrogen (secondary N) is 1. The molecule has 0 saturated heterocycles. The average Bonchev–Trinajstić information content (AvgIpc) is 3.03. The summed E-state index contributed by atoms with van der Waals surface area (Å²) in [5, 5.41) is 15.3. The molecule has 1 aliphatic rings. The van der Waals surface area contributed by atoms with E-state index in [9.17, 15) is 4.79 Å². The van der Waals surface area contributed by atoms with Crippen LogP contribution in [0.3, 0.4) is 0 Å². The summed E-state index contributed by atoms with van der Waals surface area (Å²) >= 11 is 1.38. The van der Waals surface area contributed by atoms with E-state index in [0.717, 1.165) is 0 Å². The first-order valence-electron chi connectivity index (χ1n) is 6.59. The first kappa shape index (κ1) is 14.3. The Morgan fingerprint density at radius 1 is 1.53 bits per heavy atom. The van der Waals surface area contributed by atoms with E-state index in [1.54, 1.807) is 4.68 Å². The first-order chi connectivity index (χ1) is 8.88. The molecule has 7 heteroatoms. The minimum absolute atomic E-state index is 0.0489. The highest BCUT2D eigenvalue weighted by Crippen LogP contribution is 2.32. The van der Waals surface area contributed by atoms with Gasteiger partial charge in [-0.25, -0.2) is 4.68 Å². The topological polar surface area (TPSA) is 72.7 Å². The lowest BCUT2D eigenvalue weighted by Crippen LogP contribution is -2.35. The number of aromatic nitrogens is 4. The van der Waals surface area contributed by atoms with Crippen LogP contribution in [0.4, 0.5) is 0 Å². The largest absolute Gasteiger partial charge is 0.353 e. The SMILES string of the molecule is C[C@H](NC(=O)CSc1nnnn1C(C)(C)C)C1CC1. The Bertz CT molecular complexity index is 449. The molecule has 1 heterocycles. The molecule has 0 aliphatic heterocycles. The maximum Gasteiger partial charge on any atom is 0.230 e. The van der Waals surface area contributed by atoms with Crippen molar-refractivity contribution in [2.24, 2.45) is 5.92 Å². The van der Waals surface area contributed by atoms with Gasteiger partial charge < -0.3 is 5.32 Å². The zero-order chi connectivity index (χ0) is 14.0. The fourth-order valence-electron chi connectivity index (χ4n) is 1.83. The van der Waals surface area contributed by atoms with Gasteiger partial charge in [0.25, 0.3) is 0 Å². The van der Waals surface area contributed by atoms with Crippen LogP contribution in [0.2, 0.25) is 0 Å². The Morgan fingerprint density at radius 2 is 2.21 bits per heavy atom. The number of nitrogens with zero attached hydrogens (tertiary/aromatic N) is 4. The first-order valence-corrected chi connectivity index (χ1v) is 7.57. The summed E-state index contributed by atoms with van der Waals surface area (Å²) in [4.78, 5) is 11.8. The second-order valence-electron chi connectivity index (χ2n) is 6.03. The van der Waals surface area contributed by atoms with Crippen LogP contribution in [0.5, 0.6) is 0 Å². The van der Waals surface area contributed by atoms with E-state index >= 15 is 0 Å². The Labute approximate surface area is 117 Å². The van der Waals surface area contributed by atoms with Gasteiger partial charge in [-0.15, -0.1) is 5.10 Å². The van der Waals surface area contributed by atoms with E-state index in [2.05, 4.69) is 27.8 Å². The number of carbonyl (C=O) groups excluding carboxylic acids is 1. The van der Waals surface area contributed by atoms with E-state index in [-0.39, 0.29) is 17.5 Å². The molecular weight excluding hydrogens is 262 g/mol. The van der Waals surface area contributed by atoms with Crippen molar-refractivity contribution >= 4 is 17.7 Å². The van der Waals surface area contributed by atoms with Crippen LogP contribution in [0.1, 0.15) is 40.5 Å². The molecule has 6 nitrogen and oxygen atoms in total. The van der Waals surface area contributed by atoms with Gasteiger partial charge in [-0.3, -0.25) is 4.79 Å². The van der Waals surface area contributed by atoms with Gasteiger partial charge in [-0.05, 0) is 56.9 Å². The second kappa shape index (κ2) is 5.48. The number of amides is 1. The zero-order valence-electron chi connectivity index (χ0n) is 11.9. The Kier molecular flexibility index (Phi) is 4.13. The van der Waals surface area contributed by atoms with Gasteiger partial charge in [0.15, 0.2) is 0 Å². The summed E-state index contributed by atoms with van der Waals surface area (Å²) in [6.07, 6.45) is 2.47. The fraction of sp³-hybridized carbons (Fsp3) is 0.833. The standard InChI is InChI=1S/C12H21N5OS/c1-8(9-5-6-9)13-10(18)7-19-11-14-15-16-17(11)12(2,3)4/h8-9H,5-7H2,1-4H3,(H,13,18)/t8-/m0/s1. The quantitative estimate of drug-likeness (QED) is 0.828. The van der Waals surface area contributed by atoms with Crippen LogP contribution in [0.25, 0.3) is 0 Å². The molecule has 1 amide bonds. The lowest BCUT2D eigenvalue weighted by Gasteiger charge is -2.19. The third kappa shape index (κ3) is 3.92. The molecule has 1 atom stereocenters. The summed E-state index contributed by atoms with van der Waals surface area (Å²) in [6.45, 7) is 8.16. The van der Waals surface area contributed by atoms with Crippen molar-refractivity contribution in [1.82, 2.24) is 25.5 Å². The number of tetrazole rings is 1. The van der Waals surface area contributed by atoms with Crippen LogP contribution in [-0.4, -0.2) is 37.9 Å². The third-order valence-electron chi connectivity index (χ3n) is 3.13. The highest BCUT2D eigenvalue weighted by molar-refractivity contribution is 7.99. The summed E-state index contributed by atoms with van der Waals surface area (Å²) < 4.78 is 1.75. The second-order valence-corrected chi connectivity index (χ2v) is 6.97. The fourth-order valence-corrected chi connectivity index (χ4v) is 2.70. The zero-order valence-corrected chi connectivity index (χ0v) is 12.7. The van der Waals surface area contributed by atoms with Crippen molar-refractivity contribution in [2.75, 3.05) is 5.75 Å². The van der Waals surface area contributed by atoms with Crippen LogP contribution < -0.4 is 5.32 Å². The molecule has 1 saturated carbocycles. The van der Waals surface area contributed by atoms with Crippen molar-refractivity contribution in [3.8, 4) is 0 Å². The van der Waals surface area contributed by atoms with Crippen molar-refractivity contribution in [2.45, 2.75) is 57.3 Å². The predicted molar refractivity (Wildman–Crippen MR) is 73.9 cm³/mol. The maximum atomic E-state index is 11.8. The monoisotopic (exact) mass is 283 g/mol. The van der Waals surface area contributed by atoms with Gasteiger partial charge in [0.2, 0.25) is 11.1 Å². The number of hydrogen-bond acceptors (Lipinski definition) is 5.